The first kappa shape index (κ1) is 14.0. The van der Waals surface area contributed by atoms with E-state index < -0.39 is 10.1 Å². The van der Waals surface area contributed by atoms with Crippen molar-refractivity contribution in [2.75, 3.05) is 0 Å². The molecule has 2 fully saturated rings. The lowest BCUT2D eigenvalue weighted by Gasteiger charge is -2.13. The number of aryl methyl sites for hydroxylation is 1. The van der Waals surface area contributed by atoms with Crippen LogP contribution in [0.3, 0.4) is 0 Å². The number of aliphatic hydroxyl groups is 1. The van der Waals surface area contributed by atoms with Crippen molar-refractivity contribution in [1.29, 1.82) is 0 Å². The van der Waals surface area contributed by atoms with Crippen LogP contribution in [0, 0.1) is 18.8 Å². The van der Waals surface area contributed by atoms with Gasteiger partial charge in [-0.2, -0.15) is 8.42 Å². The standard InChI is InChI=1S/C15H20O4S/c1-10-2-4-15(5-3-10)20(17,18)19-14-8-11-6-13(16)7-12(11)9-14/h2-5,11-14,16H,6-9H2,1H3/t11-,12+,13?,14?. The molecule has 20 heavy (non-hydrogen) atoms. The topological polar surface area (TPSA) is 63.6 Å². The van der Waals surface area contributed by atoms with Gasteiger partial charge in [-0.15, -0.1) is 0 Å². The van der Waals surface area contributed by atoms with E-state index in [-0.39, 0.29) is 17.1 Å². The molecule has 1 aromatic carbocycles. The van der Waals surface area contributed by atoms with Crippen LogP contribution in [-0.2, 0) is 14.3 Å². The zero-order valence-electron chi connectivity index (χ0n) is 11.5. The molecule has 0 amide bonds. The number of hydrogen-bond acceptors (Lipinski definition) is 4. The molecule has 0 radical (unpaired) electrons. The first-order chi connectivity index (χ1) is 9.44. The Balaban J connectivity index is 1.68. The van der Waals surface area contributed by atoms with E-state index in [2.05, 4.69) is 0 Å². The van der Waals surface area contributed by atoms with Crippen LogP contribution >= 0.6 is 0 Å². The second kappa shape index (κ2) is 5.13. The van der Waals surface area contributed by atoms with Crippen molar-refractivity contribution in [3.63, 3.8) is 0 Å². The minimum absolute atomic E-state index is 0.209. The molecule has 0 saturated heterocycles. The Hall–Kier alpha value is -0.910. The number of aliphatic hydroxyl groups excluding tert-OH is 1. The van der Waals surface area contributed by atoms with Gasteiger partial charge in [0.1, 0.15) is 0 Å². The molecule has 4 nitrogen and oxygen atoms in total. The van der Waals surface area contributed by atoms with Gasteiger partial charge in [0.05, 0.1) is 17.1 Å². The van der Waals surface area contributed by atoms with Crippen LogP contribution in [0.2, 0.25) is 0 Å². The molecule has 2 aliphatic rings. The van der Waals surface area contributed by atoms with Gasteiger partial charge in [-0.25, -0.2) is 0 Å². The zero-order chi connectivity index (χ0) is 14.3. The van der Waals surface area contributed by atoms with Crippen molar-refractivity contribution in [1.82, 2.24) is 0 Å². The number of fused-ring (bicyclic) bond motifs is 1. The van der Waals surface area contributed by atoms with E-state index >= 15 is 0 Å². The summed E-state index contributed by atoms with van der Waals surface area (Å²) in [6, 6.07) is 6.72. The first-order valence-electron chi connectivity index (χ1n) is 7.12. The largest absolute Gasteiger partial charge is 0.393 e. The van der Waals surface area contributed by atoms with E-state index in [4.69, 9.17) is 4.18 Å². The molecule has 0 spiro atoms. The molecule has 2 unspecified atom stereocenters. The summed E-state index contributed by atoms with van der Waals surface area (Å²) >= 11 is 0. The van der Waals surface area contributed by atoms with Gasteiger partial charge < -0.3 is 5.11 Å². The molecule has 3 rings (SSSR count). The number of rotatable bonds is 3. The summed E-state index contributed by atoms with van der Waals surface area (Å²) < 4.78 is 29.8. The van der Waals surface area contributed by atoms with Crippen LogP contribution in [0.25, 0.3) is 0 Å². The number of benzene rings is 1. The van der Waals surface area contributed by atoms with Crippen molar-refractivity contribution in [2.45, 2.75) is 49.7 Å². The van der Waals surface area contributed by atoms with Crippen molar-refractivity contribution in [2.24, 2.45) is 11.8 Å². The molecule has 1 aromatic rings. The van der Waals surface area contributed by atoms with E-state index in [0.29, 0.717) is 11.8 Å². The van der Waals surface area contributed by atoms with E-state index in [0.717, 1.165) is 31.2 Å². The second-order valence-corrected chi connectivity index (χ2v) is 7.67. The highest BCUT2D eigenvalue weighted by atomic mass is 32.2. The molecular weight excluding hydrogens is 276 g/mol. The van der Waals surface area contributed by atoms with E-state index in [1.165, 1.54) is 0 Å². The van der Waals surface area contributed by atoms with Crippen LogP contribution in [-0.4, -0.2) is 25.7 Å². The first-order valence-corrected chi connectivity index (χ1v) is 8.53. The second-order valence-electron chi connectivity index (χ2n) is 6.10. The van der Waals surface area contributed by atoms with Crippen LogP contribution in [0.15, 0.2) is 29.2 Å². The minimum atomic E-state index is -3.67. The van der Waals surface area contributed by atoms with E-state index in [1.54, 1.807) is 24.3 Å². The Labute approximate surface area is 119 Å². The maximum absolute atomic E-state index is 12.2. The summed E-state index contributed by atoms with van der Waals surface area (Å²) in [7, 11) is -3.67. The molecule has 110 valence electrons. The maximum atomic E-state index is 12.2. The summed E-state index contributed by atoms with van der Waals surface area (Å²) in [5.41, 5.74) is 1.02. The predicted molar refractivity (Wildman–Crippen MR) is 74.7 cm³/mol. The minimum Gasteiger partial charge on any atom is -0.393 e. The van der Waals surface area contributed by atoms with Crippen molar-refractivity contribution in [3.8, 4) is 0 Å². The smallest absolute Gasteiger partial charge is 0.297 e. The average Bonchev–Trinajstić information content (AvgIpc) is 2.85. The molecule has 0 bridgehead atoms. The quantitative estimate of drug-likeness (QED) is 0.869. The lowest BCUT2D eigenvalue weighted by Crippen LogP contribution is -2.17. The molecule has 2 aliphatic carbocycles. The summed E-state index contributed by atoms with van der Waals surface area (Å²) in [5, 5.41) is 9.60. The Kier molecular flexibility index (Phi) is 3.60. The third kappa shape index (κ3) is 2.75. The summed E-state index contributed by atoms with van der Waals surface area (Å²) in [5.74, 6) is 0.839. The lowest BCUT2D eigenvalue weighted by molar-refractivity contribution is 0.152. The highest BCUT2D eigenvalue weighted by Crippen LogP contribution is 2.45. The van der Waals surface area contributed by atoms with Crippen LogP contribution in [0.4, 0.5) is 0 Å². The van der Waals surface area contributed by atoms with E-state index in [1.807, 2.05) is 6.92 Å². The van der Waals surface area contributed by atoms with Gasteiger partial charge in [0.15, 0.2) is 0 Å². The zero-order valence-corrected chi connectivity index (χ0v) is 12.3. The van der Waals surface area contributed by atoms with Crippen molar-refractivity contribution < 1.29 is 17.7 Å². The fourth-order valence-electron chi connectivity index (χ4n) is 3.55. The van der Waals surface area contributed by atoms with Gasteiger partial charge in [0, 0.05) is 0 Å². The van der Waals surface area contributed by atoms with Gasteiger partial charge in [0.2, 0.25) is 0 Å². The predicted octanol–water partition coefficient (Wildman–Crippen LogP) is 2.25. The molecule has 0 heterocycles. The normalized spacial score (nSPS) is 33.3. The van der Waals surface area contributed by atoms with Gasteiger partial charge in [-0.05, 0) is 56.6 Å². The van der Waals surface area contributed by atoms with Crippen LogP contribution < -0.4 is 0 Å². The summed E-state index contributed by atoms with van der Waals surface area (Å²) in [6.45, 7) is 1.92. The van der Waals surface area contributed by atoms with Crippen LogP contribution in [0.1, 0.15) is 31.2 Å². The molecule has 2 saturated carbocycles. The van der Waals surface area contributed by atoms with Gasteiger partial charge in [0.25, 0.3) is 10.1 Å². The summed E-state index contributed by atoms with van der Waals surface area (Å²) in [6.07, 6.45) is 2.62. The average molecular weight is 296 g/mol. The van der Waals surface area contributed by atoms with Gasteiger partial charge in [-0.3, -0.25) is 4.18 Å². The Bertz CT molecular complexity index is 564. The molecule has 1 N–H and O–H groups in total. The molecule has 5 heteroatoms. The third-order valence-electron chi connectivity index (χ3n) is 4.52. The lowest BCUT2D eigenvalue weighted by atomic mass is 10.0. The SMILES string of the molecule is Cc1ccc(S(=O)(=O)OC2C[C@H]3CC(O)C[C@H]3C2)cc1. The third-order valence-corrected chi connectivity index (χ3v) is 5.90. The Morgan fingerprint density at radius 2 is 1.60 bits per heavy atom. The fourth-order valence-corrected chi connectivity index (χ4v) is 4.64. The highest BCUT2D eigenvalue weighted by Gasteiger charge is 2.43. The maximum Gasteiger partial charge on any atom is 0.297 e. The summed E-state index contributed by atoms with van der Waals surface area (Å²) in [4.78, 5) is 0.222. The highest BCUT2D eigenvalue weighted by molar-refractivity contribution is 7.86. The molecule has 0 aliphatic heterocycles. The molecule has 0 aromatic heterocycles. The Morgan fingerprint density at radius 1 is 1.05 bits per heavy atom. The van der Waals surface area contributed by atoms with Gasteiger partial charge >= 0.3 is 0 Å². The van der Waals surface area contributed by atoms with E-state index in [9.17, 15) is 13.5 Å². The van der Waals surface area contributed by atoms with Crippen LogP contribution in [0.5, 0.6) is 0 Å². The fraction of sp³-hybridized carbons (Fsp3) is 0.600. The molecular formula is C15H20O4S. The molecule has 4 atom stereocenters. The van der Waals surface area contributed by atoms with Crippen molar-refractivity contribution >= 4 is 10.1 Å². The Morgan fingerprint density at radius 3 is 2.15 bits per heavy atom. The van der Waals surface area contributed by atoms with Gasteiger partial charge in [-0.1, -0.05) is 17.7 Å². The number of hydrogen-bond donors (Lipinski definition) is 1. The van der Waals surface area contributed by atoms with Crippen molar-refractivity contribution in [3.05, 3.63) is 29.8 Å². The monoisotopic (exact) mass is 296 g/mol.